The van der Waals surface area contributed by atoms with Crippen LogP contribution in [-0.2, 0) is 11.2 Å². The number of hydrogen-bond acceptors (Lipinski definition) is 3. The van der Waals surface area contributed by atoms with Crippen LogP contribution in [-0.4, -0.2) is 20.8 Å². The normalized spacial score (nSPS) is 12.1. The van der Waals surface area contributed by atoms with Crippen LogP contribution < -0.4 is 9.47 Å². The third-order valence-electron chi connectivity index (χ3n) is 4.68. The summed E-state index contributed by atoms with van der Waals surface area (Å²) in [4.78, 5) is 0. The van der Waals surface area contributed by atoms with Crippen molar-refractivity contribution in [3.8, 4) is 11.5 Å². The minimum atomic E-state index is 0.0809. The minimum Gasteiger partial charge on any atom is -0.497 e. The van der Waals surface area contributed by atoms with Crippen LogP contribution in [0.4, 0.5) is 0 Å². The average molecular weight is 350 g/mol. The van der Waals surface area contributed by atoms with Crippen LogP contribution in [0.3, 0.4) is 0 Å². The van der Waals surface area contributed by atoms with Gasteiger partial charge < -0.3 is 14.2 Å². The van der Waals surface area contributed by atoms with Crippen molar-refractivity contribution in [1.82, 2.24) is 0 Å². The van der Waals surface area contributed by atoms with Crippen molar-refractivity contribution in [1.29, 1.82) is 0 Å². The quantitative estimate of drug-likeness (QED) is 0.497. The summed E-state index contributed by atoms with van der Waals surface area (Å²) in [7, 11) is 3.38. The fraction of sp³-hybridized carbons (Fsp3) is 0.304. The first-order valence-corrected chi connectivity index (χ1v) is 9.02. The fourth-order valence-corrected chi connectivity index (χ4v) is 3.05. The van der Waals surface area contributed by atoms with E-state index in [1.54, 1.807) is 14.2 Å². The molecule has 1 unspecified atom stereocenters. The van der Waals surface area contributed by atoms with E-state index in [2.05, 4.69) is 49.4 Å². The number of aryl methyl sites for hydroxylation is 1. The number of benzene rings is 3. The second kappa shape index (κ2) is 8.72. The van der Waals surface area contributed by atoms with Gasteiger partial charge in [0.25, 0.3) is 0 Å². The van der Waals surface area contributed by atoms with E-state index in [1.165, 1.54) is 21.9 Å². The maximum Gasteiger partial charge on any atom is 0.119 e. The highest BCUT2D eigenvalue weighted by Crippen LogP contribution is 2.25. The van der Waals surface area contributed by atoms with Crippen molar-refractivity contribution in [2.24, 2.45) is 0 Å². The topological polar surface area (TPSA) is 27.7 Å². The Kier molecular flexibility index (Phi) is 6.13. The number of rotatable bonds is 8. The molecule has 0 aliphatic carbocycles. The van der Waals surface area contributed by atoms with Crippen LogP contribution in [0, 0.1) is 0 Å². The third kappa shape index (κ3) is 4.55. The van der Waals surface area contributed by atoms with Crippen molar-refractivity contribution in [2.45, 2.75) is 25.9 Å². The lowest BCUT2D eigenvalue weighted by Crippen LogP contribution is -2.03. The molecule has 26 heavy (non-hydrogen) atoms. The van der Waals surface area contributed by atoms with Crippen molar-refractivity contribution in [2.75, 3.05) is 20.8 Å². The molecule has 136 valence electrons. The minimum absolute atomic E-state index is 0.0809. The van der Waals surface area contributed by atoms with E-state index in [-0.39, 0.29) is 6.10 Å². The molecule has 3 aromatic carbocycles. The standard InChI is InChI=1S/C23H26O3/c1-17(26-14-4-5-18-6-11-22(24-2)12-7-18)19-8-9-21-16-23(25-3)13-10-20(21)15-19/h6-13,15-17H,4-5,14H2,1-3H3. The number of fused-ring (bicyclic) bond motifs is 1. The Bertz CT molecular complexity index is 840. The van der Waals surface area contributed by atoms with Gasteiger partial charge >= 0.3 is 0 Å². The second-order valence-corrected chi connectivity index (χ2v) is 6.44. The maximum atomic E-state index is 6.04. The van der Waals surface area contributed by atoms with Gasteiger partial charge in [-0.15, -0.1) is 0 Å². The molecule has 0 spiro atoms. The largest absolute Gasteiger partial charge is 0.497 e. The average Bonchev–Trinajstić information content (AvgIpc) is 2.70. The summed E-state index contributed by atoms with van der Waals surface area (Å²) in [5, 5.41) is 2.39. The molecule has 0 amide bonds. The highest BCUT2D eigenvalue weighted by Gasteiger charge is 2.07. The Morgan fingerprint density at radius 3 is 2.15 bits per heavy atom. The van der Waals surface area contributed by atoms with Gasteiger partial charge in [-0.05, 0) is 72.0 Å². The highest BCUT2D eigenvalue weighted by atomic mass is 16.5. The van der Waals surface area contributed by atoms with Crippen molar-refractivity contribution in [3.05, 3.63) is 71.8 Å². The molecule has 0 aromatic heterocycles. The van der Waals surface area contributed by atoms with E-state index in [1.807, 2.05) is 18.2 Å². The zero-order chi connectivity index (χ0) is 18.4. The Morgan fingerprint density at radius 1 is 0.769 bits per heavy atom. The van der Waals surface area contributed by atoms with E-state index in [9.17, 15) is 0 Å². The van der Waals surface area contributed by atoms with Gasteiger partial charge in [0.2, 0.25) is 0 Å². The van der Waals surface area contributed by atoms with Crippen LogP contribution in [0.15, 0.2) is 60.7 Å². The molecule has 1 atom stereocenters. The van der Waals surface area contributed by atoms with Crippen LogP contribution in [0.2, 0.25) is 0 Å². The van der Waals surface area contributed by atoms with Crippen LogP contribution >= 0.6 is 0 Å². The lowest BCUT2D eigenvalue weighted by molar-refractivity contribution is 0.0642. The summed E-state index contributed by atoms with van der Waals surface area (Å²) in [5.41, 5.74) is 2.51. The summed E-state index contributed by atoms with van der Waals surface area (Å²) in [6, 6.07) is 20.8. The van der Waals surface area contributed by atoms with E-state index in [0.717, 1.165) is 30.9 Å². The van der Waals surface area contributed by atoms with Gasteiger partial charge in [-0.2, -0.15) is 0 Å². The molecule has 0 aliphatic heterocycles. The molecule has 3 aromatic rings. The Hall–Kier alpha value is -2.52. The van der Waals surface area contributed by atoms with Crippen molar-refractivity contribution < 1.29 is 14.2 Å². The lowest BCUT2D eigenvalue weighted by atomic mass is 10.0. The number of methoxy groups -OCH3 is 2. The van der Waals surface area contributed by atoms with Crippen molar-refractivity contribution >= 4 is 10.8 Å². The zero-order valence-corrected chi connectivity index (χ0v) is 15.7. The summed E-state index contributed by atoms with van der Waals surface area (Å²) in [5.74, 6) is 1.78. The Morgan fingerprint density at radius 2 is 1.42 bits per heavy atom. The van der Waals surface area contributed by atoms with Gasteiger partial charge in [-0.25, -0.2) is 0 Å². The summed E-state index contributed by atoms with van der Waals surface area (Å²) < 4.78 is 16.5. The van der Waals surface area contributed by atoms with E-state index < -0.39 is 0 Å². The SMILES string of the molecule is COc1ccc(CCCOC(C)c2ccc3cc(OC)ccc3c2)cc1. The summed E-state index contributed by atoms with van der Waals surface area (Å²) in [6.45, 7) is 2.85. The summed E-state index contributed by atoms with van der Waals surface area (Å²) in [6.07, 6.45) is 2.09. The Balaban J connectivity index is 1.52. The smallest absolute Gasteiger partial charge is 0.119 e. The Labute approximate surface area is 155 Å². The number of ether oxygens (including phenoxy) is 3. The zero-order valence-electron chi connectivity index (χ0n) is 15.7. The molecule has 3 nitrogen and oxygen atoms in total. The number of hydrogen-bond donors (Lipinski definition) is 0. The molecule has 0 radical (unpaired) electrons. The molecule has 3 rings (SSSR count). The molecular weight excluding hydrogens is 324 g/mol. The molecule has 0 bridgehead atoms. The van der Waals surface area contributed by atoms with Crippen molar-refractivity contribution in [3.63, 3.8) is 0 Å². The summed E-state index contributed by atoms with van der Waals surface area (Å²) >= 11 is 0. The second-order valence-electron chi connectivity index (χ2n) is 6.44. The van der Waals surface area contributed by atoms with E-state index in [4.69, 9.17) is 14.2 Å². The molecule has 0 saturated carbocycles. The van der Waals surface area contributed by atoms with Gasteiger partial charge in [-0.3, -0.25) is 0 Å². The fourth-order valence-electron chi connectivity index (χ4n) is 3.05. The first-order chi connectivity index (χ1) is 12.7. The maximum absolute atomic E-state index is 6.04. The predicted octanol–water partition coefficient (Wildman–Crippen LogP) is 5.57. The molecule has 0 aliphatic rings. The molecule has 0 heterocycles. The molecule has 0 N–H and O–H groups in total. The van der Waals surface area contributed by atoms with E-state index in [0.29, 0.717) is 0 Å². The van der Waals surface area contributed by atoms with Gasteiger partial charge in [0.05, 0.1) is 20.3 Å². The molecule has 0 saturated heterocycles. The van der Waals surface area contributed by atoms with Gasteiger partial charge in [0, 0.05) is 6.61 Å². The third-order valence-corrected chi connectivity index (χ3v) is 4.68. The van der Waals surface area contributed by atoms with Gasteiger partial charge in [0.1, 0.15) is 11.5 Å². The van der Waals surface area contributed by atoms with Crippen LogP contribution in [0.1, 0.15) is 30.6 Å². The first kappa shape index (κ1) is 18.3. The van der Waals surface area contributed by atoms with E-state index >= 15 is 0 Å². The first-order valence-electron chi connectivity index (χ1n) is 9.02. The molecule has 3 heteroatoms. The van der Waals surface area contributed by atoms with Crippen LogP contribution in [0.25, 0.3) is 10.8 Å². The lowest BCUT2D eigenvalue weighted by Gasteiger charge is -2.14. The highest BCUT2D eigenvalue weighted by molar-refractivity contribution is 5.84. The van der Waals surface area contributed by atoms with Gasteiger partial charge in [0.15, 0.2) is 0 Å². The predicted molar refractivity (Wildman–Crippen MR) is 106 cm³/mol. The van der Waals surface area contributed by atoms with Gasteiger partial charge in [-0.1, -0.05) is 30.3 Å². The molecular formula is C23H26O3. The molecule has 0 fully saturated rings. The monoisotopic (exact) mass is 350 g/mol. The van der Waals surface area contributed by atoms with Crippen LogP contribution in [0.5, 0.6) is 11.5 Å².